The Labute approximate surface area is 103 Å². The van der Waals surface area contributed by atoms with Crippen molar-refractivity contribution in [3.8, 4) is 11.5 Å². The molecule has 0 atom stereocenters. The number of fused-ring (bicyclic) bond motifs is 1. The Morgan fingerprint density at radius 1 is 0.889 bits per heavy atom. The van der Waals surface area contributed by atoms with Crippen LogP contribution in [-0.4, -0.2) is 0 Å². The van der Waals surface area contributed by atoms with Crippen molar-refractivity contribution < 1.29 is 9.15 Å². The van der Waals surface area contributed by atoms with Crippen molar-refractivity contribution in [2.45, 2.75) is 0 Å². The lowest BCUT2D eigenvalue weighted by Crippen LogP contribution is -1.98. The molecule has 1 heterocycles. The quantitative estimate of drug-likeness (QED) is 0.640. The highest BCUT2D eigenvalue weighted by Crippen LogP contribution is 2.27. The van der Waals surface area contributed by atoms with E-state index in [1.165, 1.54) is 6.07 Å². The molecule has 0 spiro atoms. The Morgan fingerprint density at radius 2 is 1.61 bits per heavy atom. The van der Waals surface area contributed by atoms with Crippen LogP contribution in [0, 0.1) is 0 Å². The lowest BCUT2D eigenvalue weighted by molar-refractivity contribution is 0.475. The minimum absolute atomic E-state index is 0.417. The summed E-state index contributed by atoms with van der Waals surface area (Å²) < 4.78 is 10.8. The predicted octanol–water partition coefficient (Wildman–Crippen LogP) is 3.59. The molecular formula is C15H10O3. The maximum Gasteiger partial charge on any atom is 0.339 e. The third-order valence-electron chi connectivity index (χ3n) is 2.58. The Bertz CT molecular complexity index is 729. The van der Waals surface area contributed by atoms with Gasteiger partial charge < -0.3 is 9.15 Å². The lowest BCUT2D eigenvalue weighted by atomic mass is 10.2. The molecule has 0 saturated heterocycles. The summed E-state index contributed by atoms with van der Waals surface area (Å²) in [7, 11) is 0. The molecule has 0 aliphatic carbocycles. The van der Waals surface area contributed by atoms with Crippen molar-refractivity contribution >= 4 is 11.0 Å². The fraction of sp³-hybridized carbons (Fsp3) is 0. The first-order chi connectivity index (χ1) is 8.83. The van der Waals surface area contributed by atoms with Crippen LogP contribution in [0.2, 0.25) is 0 Å². The van der Waals surface area contributed by atoms with Gasteiger partial charge in [-0.3, -0.25) is 0 Å². The second-order valence-electron chi connectivity index (χ2n) is 3.84. The summed E-state index contributed by atoms with van der Waals surface area (Å²) in [5.74, 6) is 1.20. The molecule has 0 amide bonds. The lowest BCUT2D eigenvalue weighted by Gasteiger charge is -2.07. The van der Waals surface area contributed by atoms with Crippen LogP contribution in [0.1, 0.15) is 0 Å². The summed E-state index contributed by atoms with van der Waals surface area (Å²) in [6.45, 7) is 0. The van der Waals surface area contributed by atoms with Crippen LogP contribution in [0.25, 0.3) is 11.0 Å². The monoisotopic (exact) mass is 238 g/mol. The van der Waals surface area contributed by atoms with Crippen molar-refractivity contribution in [1.82, 2.24) is 0 Å². The molecule has 0 bridgehead atoms. The summed E-state index contributed by atoms with van der Waals surface area (Å²) in [5, 5.41) is 0.779. The number of ether oxygens (including phenoxy) is 1. The molecule has 0 saturated carbocycles. The molecule has 0 fully saturated rings. The van der Waals surface area contributed by atoms with Gasteiger partial charge in [0, 0.05) is 0 Å². The van der Waals surface area contributed by atoms with Gasteiger partial charge in [0.25, 0.3) is 0 Å². The van der Waals surface area contributed by atoms with Crippen LogP contribution in [0.4, 0.5) is 0 Å². The summed E-state index contributed by atoms with van der Waals surface area (Å²) in [5.41, 5.74) is 0.107. The number of para-hydroxylation sites is 2. The molecule has 0 N–H and O–H groups in total. The van der Waals surface area contributed by atoms with Gasteiger partial charge >= 0.3 is 5.63 Å². The van der Waals surface area contributed by atoms with Crippen LogP contribution in [0.15, 0.2) is 69.9 Å². The summed E-state index contributed by atoms with van der Waals surface area (Å²) in [6.07, 6.45) is 0. The van der Waals surface area contributed by atoms with Crippen LogP contribution < -0.4 is 10.4 Å². The number of hydrogen-bond acceptors (Lipinski definition) is 3. The molecule has 3 nitrogen and oxygen atoms in total. The summed E-state index contributed by atoms with van der Waals surface area (Å²) in [6, 6.07) is 18.0. The van der Waals surface area contributed by atoms with E-state index < -0.39 is 5.63 Å². The Morgan fingerprint density at radius 3 is 2.44 bits per heavy atom. The van der Waals surface area contributed by atoms with Gasteiger partial charge in [0.15, 0.2) is 0 Å². The van der Waals surface area contributed by atoms with Crippen LogP contribution in [-0.2, 0) is 0 Å². The maximum absolute atomic E-state index is 11.4. The Balaban J connectivity index is 2.14. The fourth-order valence-electron chi connectivity index (χ4n) is 1.78. The standard InChI is InChI=1S/C15H10O3/c16-15-10-14(17-11-6-2-1-3-7-11)12-8-4-5-9-13(12)18-15/h1-10H. The molecule has 0 radical (unpaired) electrons. The summed E-state index contributed by atoms with van der Waals surface area (Å²) >= 11 is 0. The van der Waals surface area contributed by atoms with Gasteiger partial charge in [0.05, 0.1) is 11.5 Å². The van der Waals surface area contributed by atoms with Crippen molar-refractivity contribution in [1.29, 1.82) is 0 Å². The third-order valence-corrected chi connectivity index (χ3v) is 2.58. The first kappa shape index (κ1) is 10.6. The molecule has 0 unspecified atom stereocenters. The average molecular weight is 238 g/mol. The van der Waals surface area contributed by atoms with E-state index in [0.29, 0.717) is 17.1 Å². The minimum Gasteiger partial charge on any atom is -0.456 e. The van der Waals surface area contributed by atoms with E-state index in [1.54, 1.807) is 6.07 Å². The highest BCUT2D eigenvalue weighted by molar-refractivity contribution is 5.83. The minimum atomic E-state index is -0.417. The number of hydrogen-bond donors (Lipinski definition) is 0. The maximum atomic E-state index is 11.4. The topological polar surface area (TPSA) is 39.4 Å². The van der Waals surface area contributed by atoms with E-state index in [2.05, 4.69) is 0 Å². The van der Waals surface area contributed by atoms with Gasteiger partial charge in [-0.1, -0.05) is 30.3 Å². The molecule has 2 aromatic carbocycles. The second kappa shape index (κ2) is 4.37. The predicted molar refractivity (Wildman–Crippen MR) is 69.0 cm³/mol. The zero-order valence-electron chi connectivity index (χ0n) is 9.50. The van der Waals surface area contributed by atoms with Gasteiger partial charge in [-0.05, 0) is 24.3 Å². The third kappa shape index (κ3) is 1.98. The van der Waals surface area contributed by atoms with E-state index >= 15 is 0 Å². The number of rotatable bonds is 2. The van der Waals surface area contributed by atoms with E-state index in [0.717, 1.165) is 5.39 Å². The molecule has 1 aromatic heterocycles. The first-order valence-electron chi connectivity index (χ1n) is 5.59. The highest BCUT2D eigenvalue weighted by Gasteiger charge is 2.06. The van der Waals surface area contributed by atoms with E-state index in [9.17, 15) is 4.79 Å². The zero-order valence-corrected chi connectivity index (χ0v) is 9.50. The molecule has 3 heteroatoms. The second-order valence-corrected chi connectivity index (χ2v) is 3.84. The normalized spacial score (nSPS) is 10.4. The van der Waals surface area contributed by atoms with E-state index in [1.807, 2.05) is 48.5 Å². The van der Waals surface area contributed by atoms with Gasteiger partial charge in [-0.2, -0.15) is 0 Å². The van der Waals surface area contributed by atoms with Gasteiger partial charge in [0.2, 0.25) is 0 Å². The van der Waals surface area contributed by atoms with Crippen molar-refractivity contribution in [2.24, 2.45) is 0 Å². The van der Waals surface area contributed by atoms with Gasteiger partial charge in [-0.15, -0.1) is 0 Å². The molecule has 18 heavy (non-hydrogen) atoms. The van der Waals surface area contributed by atoms with Crippen molar-refractivity contribution in [3.05, 3.63) is 71.1 Å². The van der Waals surface area contributed by atoms with E-state index in [-0.39, 0.29) is 0 Å². The highest BCUT2D eigenvalue weighted by atomic mass is 16.5. The zero-order chi connectivity index (χ0) is 12.4. The molecule has 0 aliphatic rings. The largest absolute Gasteiger partial charge is 0.456 e. The number of benzene rings is 2. The SMILES string of the molecule is O=c1cc(Oc2ccccc2)c2ccccc2o1. The van der Waals surface area contributed by atoms with Gasteiger partial charge in [-0.25, -0.2) is 4.79 Å². The summed E-state index contributed by atoms with van der Waals surface area (Å²) in [4.78, 5) is 11.4. The molecule has 0 aliphatic heterocycles. The molecule has 88 valence electrons. The van der Waals surface area contributed by atoms with E-state index in [4.69, 9.17) is 9.15 Å². The fourth-order valence-corrected chi connectivity index (χ4v) is 1.78. The first-order valence-corrected chi connectivity index (χ1v) is 5.59. The molecular weight excluding hydrogens is 228 g/mol. The van der Waals surface area contributed by atoms with Crippen LogP contribution in [0.5, 0.6) is 11.5 Å². The smallest absolute Gasteiger partial charge is 0.339 e. The Hall–Kier alpha value is -2.55. The van der Waals surface area contributed by atoms with Crippen LogP contribution in [0.3, 0.4) is 0 Å². The average Bonchev–Trinajstić information content (AvgIpc) is 2.40. The van der Waals surface area contributed by atoms with Crippen LogP contribution >= 0.6 is 0 Å². The Kier molecular flexibility index (Phi) is 2.57. The van der Waals surface area contributed by atoms with Crippen molar-refractivity contribution in [3.63, 3.8) is 0 Å². The molecule has 3 aromatic rings. The molecule has 3 rings (SSSR count). The van der Waals surface area contributed by atoms with Crippen molar-refractivity contribution in [2.75, 3.05) is 0 Å². The van der Waals surface area contributed by atoms with Gasteiger partial charge in [0.1, 0.15) is 17.1 Å².